The SMILES string of the molecule is CCC(CC)N(CC(F)(F)F)C(=O)c1cc(Cl)ccn1. The van der Waals surface area contributed by atoms with Crippen LogP contribution in [0, 0.1) is 0 Å². The Kier molecular flexibility index (Phi) is 5.80. The summed E-state index contributed by atoms with van der Waals surface area (Å²) < 4.78 is 38.0. The van der Waals surface area contributed by atoms with E-state index in [1.165, 1.54) is 18.3 Å². The molecule has 0 bridgehead atoms. The first-order valence-electron chi connectivity index (χ1n) is 6.27. The highest BCUT2D eigenvalue weighted by molar-refractivity contribution is 6.30. The monoisotopic (exact) mass is 308 g/mol. The number of rotatable bonds is 5. The van der Waals surface area contributed by atoms with Gasteiger partial charge in [0.25, 0.3) is 5.91 Å². The number of hydrogen-bond donors (Lipinski definition) is 0. The van der Waals surface area contributed by atoms with Crippen molar-refractivity contribution in [3.05, 3.63) is 29.0 Å². The van der Waals surface area contributed by atoms with Gasteiger partial charge in [-0.1, -0.05) is 25.4 Å². The molecule has 1 aromatic rings. The Morgan fingerprint density at radius 3 is 2.45 bits per heavy atom. The summed E-state index contributed by atoms with van der Waals surface area (Å²) in [7, 11) is 0. The highest BCUT2D eigenvalue weighted by Crippen LogP contribution is 2.22. The number of pyridine rings is 1. The van der Waals surface area contributed by atoms with Gasteiger partial charge in [0, 0.05) is 17.3 Å². The van der Waals surface area contributed by atoms with Crippen molar-refractivity contribution in [1.29, 1.82) is 0 Å². The molecule has 1 amide bonds. The van der Waals surface area contributed by atoms with Crippen LogP contribution in [-0.2, 0) is 0 Å². The summed E-state index contributed by atoms with van der Waals surface area (Å²) in [5, 5.41) is 0.264. The largest absolute Gasteiger partial charge is 0.406 e. The molecule has 7 heteroatoms. The summed E-state index contributed by atoms with van der Waals surface area (Å²) >= 11 is 5.74. The fourth-order valence-corrected chi connectivity index (χ4v) is 2.12. The second-order valence-electron chi connectivity index (χ2n) is 4.38. The van der Waals surface area contributed by atoms with Crippen LogP contribution in [0.1, 0.15) is 37.2 Å². The van der Waals surface area contributed by atoms with Gasteiger partial charge in [-0.3, -0.25) is 9.78 Å². The molecule has 1 aromatic heterocycles. The number of aromatic nitrogens is 1. The third kappa shape index (κ3) is 4.67. The Labute approximate surface area is 120 Å². The molecule has 1 rings (SSSR count). The fourth-order valence-electron chi connectivity index (χ4n) is 1.96. The van der Waals surface area contributed by atoms with Crippen molar-refractivity contribution in [2.45, 2.75) is 38.9 Å². The Hall–Kier alpha value is -1.30. The predicted octanol–water partition coefficient (Wildman–Crippen LogP) is 3.93. The van der Waals surface area contributed by atoms with E-state index in [2.05, 4.69) is 4.98 Å². The lowest BCUT2D eigenvalue weighted by atomic mass is 10.1. The minimum absolute atomic E-state index is 0.0753. The molecule has 0 aromatic carbocycles. The molecule has 0 radical (unpaired) electrons. The quantitative estimate of drug-likeness (QED) is 0.826. The van der Waals surface area contributed by atoms with E-state index >= 15 is 0 Å². The number of carbonyl (C=O) groups is 1. The summed E-state index contributed by atoms with van der Waals surface area (Å²) in [6.07, 6.45) is -2.26. The lowest BCUT2D eigenvalue weighted by Crippen LogP contribution is -2.45. The fraction of sp³-hybridized carbons (Fsp3) is 0.538. The van der Waals surface area contributed by atoms with Crippen molar-refractivity contribution >= 4 is 17.5 Å². The number of carbonyl (C=O) groups excluding carboxylic acids is 1. The van der Waals surface area contributed by atoms with Crippen molar-refractivity contribution in [2.75, 3.05) is 6.54 Å². The maximum absolute atomic E-state index is 12.7. The minimum Gasteiger partial charge on any atom is -0.325 e. The zero-order valence-corrected chi connectivity index (χ0v) is 12.0. The van der Waals surface area contributed by atoms with Crippen molar-refractivity contribution < 1.29 is 18.0 Å². The topological polar surface area (TPSA) is 33.2 Å². The van der Waals surface area contributed by atoms with Crippen molar-refractivity contribution in [3.8, 4) is 0 Å². The average Bonchev–Trinajstić information content (AvgIpc) is 2.36. The first-order chi connectivity index (χ1) is 9.28. The van der Waals surface area contributed by atoms with E-state index in [1.807, 2.05) is 0 Å². The highest BCUT2D eigenvalue weighted by Gasteiger charge is 2.36. The van der Waals surface area contributed by atoms with Crippen LogP contribution in [-0.4, -0.2) is 34.6 Å². The summed E-state index contributed by atoms with van der Waals surface area (Å²) in [6, 6.07) is 2.25. The number of halogens is 4. The van der Waals surface area contributed by atoms with E-state index in [0.717, 1.165) is 4.90 Å². The number of hydrogen-bond acceptors (Lipinski definition) is 2. The van der Waals surface area contributed by atoms with Gasteiger partial charge in [-0.05, 0) is 25.0 Å². The van der Waals surface area contributed by atoms with Gasteiger partial charge in [-0.25, -0.2) is 0 Å². The van der Waals surface area contributed by atoms with Gasteiger partial charge in [-0.2, -0.15) is 13.2 Å². The predicted molar refractivity (Wildman–Crippen MR) is 70.7 cm³/mol. The molecular formula is C13H16ClF3N2O. The molecule has 3 nitrogen and oxygen atoms in total. The molecule has 0 aliphatic carbocycles. The zero-order chi connectivity index (χ0) is 15.3. The number of nitrogens with zero attached hydrogens (tertiary/aromatic N) is 2. The molecule has 0 atom stereocenters. The summed E-state index contributed by atoms with van der Waals surface area (Å²) in [5.41, 5.74) is -0.0753. The van der Waals surface area contributed by atoms with Crippen LogP contribution in [0.2, 0.25) is 5.02 Å². The standard InChI is InChI=1S/C13H16ClF3N2O/c1-3-10(4-2)19(8-13(15,16)17)12(20)11-7-9(14)5-6-18-11/h5-7,10H,3-4,8H2,1-2H3. The molecule has 0 saturated heterocycles. The zero-order valence-electron chi connectivity index (χ0n) is 11.2. The molecule has 112 valence electrons. The summed E-state index contributed by atoms with van der Waals surface area (Å²) in [4.78, 5) is 16.9. The second-order valence-corrected chi connectivity index (χ2v) is 4.81. The Morgan fingerprint density at radius 2 is 2.00 bits per heavy atom. The van der Waals surface area contributed by atoms with Gasteiger partial charge in [0.2, 0.25) is 0 Å². The Bertz CT molecular complexity index is 461. The van der Waals surface area contributed by atoms with E-state index < -0.39 is 24.7 Å². The maximum Gasteiger partial charge on any atom is 0.406 e. The minimum atomic E-state index is -4.45. The number of amides is 1. The van der Waals surface area contributed by atoms with Gasteiger partial charge >= 0.3 is 6.18 Å². The van der Waals surface area contributed by atoms with Gasteiger partial charge < -0.3 is 4.90 Å². The van der Waals surface area contributed by atoms with Crippen LogP contribution >= 0.6 is 11.6 Å². The first-order valence-corrected chi connectivity index (χ1v) is 6.65. The molecule has 0 N–H and O–H groups in total. The van der Waals surface area contributed by atoms with Crippen molar-refractivity contribution in [1.82, 2.24) is 9.88 Å². The van der Waals surface area contributed by atoms with Crippen LogP contribution in [0.5, 0.6) is 0 Å². The Morgan fingerprint density at radius 1 is 1.40 bits per heavy atom. The van der Waals surface area contributed by atoms with Crippen LogP contribution in [0.15, 0.2) is 18.3 Å². The maximum atomic E-state index is 12.7. The third-order valence-corrected chi connectivity index (χ3v) is 3.17. The highest BCUT2D eigenvalue weighted by atomic mass is 35.5. The Balaban J connectivity index is 3.06. The van der Waals surface area contributed by atoms with E-state index in [0.29, 0.717) is 12.8 Å². The first kappa shape index (κ1) is 16.8. The molecule has 20 heavy (non-hydrogen) atoms. The molecule has 0 unspecified atom stereocenters. The van der Waals surface area contributed by atoms with Crippen molar-refractivity contribution in [3.63, 3.8) is 0 Å². The van der Waals surface area contributed by atoms with E-state index in [9.17, 15) is 18.0 Å². The molecule has 0 aliphatic rings. The summed E-state index contributed by atoms with van der Waals surface area (Å²) in [5.74, 6) is -0.751. The van der Waals surface area contributed by atoms with Crippen LogP contribution < -0.4 is 0 Å². The molecule has 1 heterocycles. The molecule has 0 spiro atoms. The van der Waals surface area contributed by atoms with Crippen LogP contribution in [0.4, 0.5) is 13.2 Å². The third-order valence-electron chi connectivity index (χ3n) is 2.93. The second kappa shape index (κ2) is 6.92. The van der Waals surface area contributed by atoms with E-state index in [-0.39, 0.29) is 10.7 Å². The summed E-state index contributed by atoms with van der Waals surface area (Å²) in [6.45, 7) is 2.21. The number of alkyl halides is 3. The lowest BCUT2D eigenvalue weighted by molar-refractivity contribution is -0.145. The molecule has 0 saturated carbocycles. The smallest absolute Gasteiger partial charge is 0.325 e. The van der Waals surface area contributed by atoms with Gasteiger partial charge in [0.15, 0.2) is 0 Å². The molecule has 0 aliphatic heterocycles. The van der Waals surface area contributed by atoms with Crippen LogP contribution in [0.25, 0.3) is 0 Å². The van der Waals surface area contributed by atoms with Gasteiger partial charge in [-0.15, -0.1) is 0 Å². The van der Waals surface area contributed by atoms with Crippen molar-refractivity contribution in [2.24, 2.45) is 0 Å². The van der Waals surface area contributed by atoms with E-state index in [4.69, 9.17) is 11.6 Å². The van der Waals surface area contributed by atoms with Gasteiger partial charge in [0.05, 0.1) is 0 Å². The van der Waals surface area contributed by atoms with Crippen LogP contribution in [0.3, 0.4) is 0 Å². The molecular weight excluding hydrogens is 293 g/mol. The lowest BCUT2D eigenvalue weighted by Gasteiger charge is -2.31. The normalized spacial score (nSPS) is 11.8. The molecule has 0 fully saturated rings. The average molecular weight is 309 g/mol. The van der Waals surface area contributed by atoms with E-state index in [1.54, 1.807) is 13.8 Å². The van der Waals surface area contributed by atoms with Gasteiger partial charge in [0.1, 0.15) is 12.2 Å².